The average Bonchev–Trinajstić information content (AvgIpc) is 3.50. The van der Waals surface area contributed by atoms with Gasteiger partial charge in [-0.15, -0.1) is 0 Å². The van der Waals surface area contributed by atoms with Crippen LogP contribution in [-0.4, -0.2) is 123 Å². The highest BCUT2D eigenvalue weighted by molar-refractivity contribution is 7.98. The van der Waals surface area contributed by atoms with Crippen LogP contribution in [0.1, 0.15) is 38.7 Å². The van der Waals surface area contributed by atoms with Crippen LogP contribution in [0.3, 0.4) is 0 Å². The van der Waals surface area contributed by atoms with Crippen molar-refractivity contribution >= 4 is 47.3 Å². The summed E-state index contributed by atoms with van der Waals surface area (Å²) in [5, 5.41) is 38.4. The summed E-state index contributed by atoms with van der Waals surface area (Å²) < 4.78 is 0. The third kappa shape index (κ3) is 11.3. The van der Waals surface area contributed by atoms with Gasteiger partial charge in [-0.3, -0.25) is 24.0 Å². The Morgan fingerprint density at radius 2 is 1.62 bits per heavy atom. The number of aliphatic carboxylic acids is 1. The highest BCUT2D eigenvalue weighted by Crippen LogP contribution is 2.19. The van der Waals surface area contributed by atoms with E-state index in [9.17, 15) is 44.1 Å². The van der Waals surface area contributed by atoms with E-state index in [0.717, 1.165) is 5.56 Å². The molecule has 0 saturated carbocycles. The summed E-state index contributed by atoms with van der Waals surface area (Å²) in [5.74, 6) is -4.39. The molecule has 1 aliphatic rings. The molecule has 45 heavy (non-hydrogen) atoms. The fourth-order valence-corrected chi connectivity index (χ4v) is 5.22. The van der Waals surface area contributed by atoms with Crippen molar-refractivity contribution in [2.75, 3.05) is 25.2 Å². The largest absolute Gasteiger partial charge is 0.480 e. The van der Waals surface area contributed by atoms with Gasteiger partial charge in [-0.2, -0.15) is 11.8 Å². The predicted octanol–water partition coefficient (Wildman–Crippen LogP) is -2.28. The van der Waals surface area contributed by atoms with E-state index in [4.69, 9.17) is 5.73 Å². The Hall–Kier alpha value is -3.73. The van der Waals surface area contributed by atoms with E-state index >= 15 is 0 Å². The molecule has 0 radical (unpaired) electrons. The molecular formula is C29H44N6O9S. The average molecular weight is 653 g/mol. The predicted molar refractivity (Wildman–Crippen MR) is 166 cm³/mol. The van der Waals surface area contributed by atoms with Crippen LogP contribution in [0.4, 0.5) is 0 Å². The number of likely N-dealkylation sites (tertiary alicyclic amines) is 1. The van der Waals surface area contributed by atoms with E-state index in [1.54, 1.807) is 36.6 Å². The number of aliphatic hydroxyl groups excluding tert-OH is 2. The Bertz CT molecular complexity index is 1190. The molecule has 0 unspecified atom stereocenters. The van der Waals surface area contributed by atoms with Gasteiger partial charge in [0, 0.05) is 13.0 Å². The number of hydrogen-bond acceptors (Lipinski definition) is 10. The fourth-order valence-electron chi connectivity index (χ4n) is 4.74. The quantitative estimate of drug-likeness (QED) is 0.0891. The summed E-state index contributed by atoms with van der Waals surface area (Å²) in [6.07, 6.45) is 1.49. The second-order valence-electron chi connectivity index (χ2n) is 10.9. The molecule has 5 amide bonds. The number of hydrogen-bond donors (Lipinski definition) is 8. The summed E-state index contributed by atoms with van der Waals surface area (Å²) in [7, 11) is 0. The van der Waals surface area contributed by atoms with Crippen molar-refractivity contribution < 1.29 is 44.1 Å². The lowest BCUT2D eigenvalue weighted by atomic mass is 10.0. The number of thioether (sulfide) groups is 1. The van der Waals surface area contributed by atoms with Gasteiger partial charge in [-0.25, -0.2) is 4.79 Å². The molecule has 1 fully saturated rings. The minimum absolute atomic E-state index is 0.0677. The number of carboxylic acid groups (broad SMARTS) is 1. The molecule has 9 N–H and O–H groups in total. The Morgan fingerprint density at radius 1 is 0.978 bits per heavy atom. The molecule has 1 aromatic rings. The zero-order valence-corrected chi connectivity index (χ0v) is 26.4. The van der Waals surface area contributed by atoms with Gasteiger partial charge >= 0.3 is 5.97 Å². The van der Waals surface area contributed by atoms with Gasteiger partial charge < -0.3 is 47.2 Å². The molecule has 2 rings (SSSR count). The third-order valence-electron chi connectivity index (χ3n) is 7.31. The fraction of sp³-hybridized carbons (Fsp3) is 0.586. The number of nitrogens with zero attached hydrogens (tertiary/aromatic N) is 1. The lowest BCUT2D eigenvalue weighted by Crippen LogP contribution is -2.59. The van der Waals surface area contributed by atoms with Crippen LogP contribution in [0.15, 0.2) is 30.3 Å². The molecule has 0 aliphatic carbocycles. The first kappa shape index (κ1) is 37.5. The third-order valence-corrected chi connectivity index (χ3v) is 7.95. The molecule has 1 aromatic carbocycles. The van der Waals surface area contributed by atoms with Crippen LogP contribution in [-0.2, 0) is 35.2 Å². The molecule has 1 heterocycles. The Balaban J connectivity index is 2.17. The van der Waals surface area contributed by atoms with Crippen molar-refractivity contribution in [3.63, 3.8) is 0 Å². The zero-order valence-electron chi connectivity index (χ0n) is 25.6. The number of aliphatic hydroxyl groups is 2. The number of carboxylic acids is 1. The standard InChI is InChI=1S/C29H44N6O9S/c1-16(24(38)32-20(11-13-45-3)25(39)34-23(17(2)37)29(43)44)31-26(40)21(14-18-8-5-4-6-9-18)33-27(41)22-10-7-12-35(22)28(42)19(30)15-36/h4-6,8-9,16-17,19-23,36-37H,7,10-15,30H2,1-3H3,(H,31,40)(H,32,38)(H,33,41)(H,34,39)(H,43,44)/t16-,17+,19-,20-,21-,22-,23-/m0/s1. The molecule has 250 valence electrons. The summed E-state index contributed by atoms with van der Waals surface area (Å²) in [6.45, 7) is 2.29. The normalized spacial score (nSPS) is 18.4. The van der Waals surface area contributed by atoms with Crippen LogP contribution in [0.5, 0.6) is 0 Å². The first-order valence-electron chi connectivity index (χ1n) is 14.6. The molecule has 15 nitrogen and oxygen atoms in total. The van der Waals surface area contributed by atoms with E-state index in [0.29, 0.717) is 18.6 Å². The Kier molecular flexibility index (Phi) is 15.2. The molecule has 0 bridgehead atoms. The van der Waals surface area contributed by atoms with Gasteiger partial charge in [0.2, 0.25) is 29.5 Å². The second-order valence-corrected chi connectivity index (χ2v) is 11.9. The lowest BCUT2D eigenvalue weighted by molar-refractivity contribution is -0.145. The Morgan fingerprint density at radius 3 is 2.20 bits per heavy atom. The van der Waals surface area contributed by atoms with E-state index in [1.807, 2.05) is 0 Å². The van der Waals surface area contributed by atoms with Crippen molar-refractivity contribution in [2.45, 2.75) is 81.9 Å². The van der Waals surface area contributed by atoms with Crippen LogP contribution < -0.4 is 27.0 Å². The zero-order chi connectivity index (χ0) is 33.7. The molecule has 0 aromatic heterocycles. The van der Waals surface area contributed by atoms with E-state index in [-0.39, 0.29) is 19.4 Å². The summed E-state index contributed by atoms with van der Waals surface area (Å²) in [5.41, 5.74) is 6.40. The molecule has 1 saturated heterocycles. The van der Waals surface area contributed by atoms with Crippen LogP contribution in [0.25, 0.3) is 0 Å². The van der Waals surface area contributed by atoms with Gasteiger partial charge in [0.05, 0.1) is 12.7 Å². The van der Waals surface area contributed by atoms with Crippen molar-refractivity contribution in [1.29, 1.82) is 0 Å². The maximum atomic E-state index is 13.5. The van der Waals surface area contributed by atoms with Crippen molar-refractivity contribution in [3.8, 4) is 0 Å². The lowest BCUT2D eigenvalue weighted by Gasteiger charge is -2.28. The molecule has 1 aliphatic heterocycles. The molecular weight excluding hydrogens is 608 g/mol. The first-order chi connectivity index (χ1) is 21.3. The topological polar surface area (TPSA) is 240 Å². The van der Waals surface area contributed by atoms with Gasteiger partial charge in [-0.1, -0.05) is 30.3 Å². The summed E-state index contributed by atoms with van der Waals surface area (Å²) >= 11 is 1.40. The second kappa shape index (κ2) is 18.3. The highest BCUT2D eigenvalue weighted by atomic mass is 32.2. The number of carbonyl (C=O) groups is 6. The molecule has 16 heteroatoms. The minimum atomic E-state index is -1.59. The maximum absolute atomic E-state index is 13.5. The maximum Gasteiger partial charge on any atom is 0.328 e. The van der Waals surface area contributed by atoms with Crippen molar-refractivity contribution in [1.82, 2.24) is 26.2 Å². The highest BCUT2D eigenvalue weighted by Gasteiger charge is 2.38. The van der Waals surface area contributed by atoms with E-state index in [1.165, 1.54) is 30.5 Å². The van der Waals surface area contributed by atoms with Crippen LogP contribution >= 0.6 is 11.8 Å². The van der Waals surface area contributed by atoms with Crippen molar-refractivity contribution in [3.05, 3.63) is 35.9 Å². The monoisotopic (exact) mass is 652 g/mol. The first-order valence-corrected chi connectivity index (χ1v) is 16.0. The number of amides is 5. The number of carbonyl (C=O) groups excluding carboxylic acids is 5. The summed E-state index contributed by atoms with van der Waals surface area (Å²) in [4.78, 5) is 78.1. The SMILES string of the molecule is CSCC[C@H](NC(=O)[C@H](C)NC(=O)[C@H](Cc1ccccc1)NC(=O)[C@@H]1CCCN1C(=O)[C@@H](N)CO)C(=O)N[C@H](C(=O)O)[C@@H](C)O. The molecule has 0 spiro atoms. The number of benzene rings is 1. The van der Waals surface area contributed by atoms with Crippen molar-refractivity contribution in [2.24, 2.45) is 5.73 Å². The number of nitrogens with one attached hydrogen (secondary N) is 4. The summed E-state index contributed by atoms with van der Waals surface area (Å²) in [6, 6.07) is 1.73. The minimum Gasteiger partial charge on any atom is -0.480 e. The van der Waals surface area contributed by atoms with Gasteiger partial charge in [0.1, 0.15) is 30.2 Å². The Labute approximate surface area is 266 Å². The van der Waals surface area contributed by atoms with Gasteiger partial charge in [0.25, 0.3) is 0 Å². The van der Waals surface area contributed by atoms with Crippen LogP contribution in [0.2, 0.25) is 0 Å². The smallest absolute Gasteiger partial charge is 0.328 e. The van der Waals surface area contributed by atoms with E-state index in [2.05, 4.69) is 21.3 Å². The number of nitrogens with two attached hydrogens (primary N) is 1. The van der Waals surface area contributed by atoms with Crippen LogP contribution in [0, 0.1) is 0 Å². The number of rotatable bonds is 17. The van der Waals surface area contributed by atoms with Gasteiger partial charge in [0.15, 0.2) is 6.04 Å². The molecule has 7 atom stereocenters. The van der Waals surface area contributed by atoms with Gasteiger partial charge in [-0.05, 0) is 50.7 Å². The van der Waals surface area contributed by atoms with E-state index < -0.39 is 84.5 Å².